The van der Waals surface area contributed by atoms with Crippen molar-refractivity contribution >= 4 is 5.91 Å². The Morgan fingerprint density at radius 2 is 2.17 bits per heavy atom. The smallest absolute Gasteiger partial charge is 0.263 e. The lowest BCUT2D eigenvalue weighted by molar-refractivity contribution is 0.0960. The van der Waals surface area contributed by atoms with E-state index in [1.165, 1.54) is 7.05 Å². The molecule has 0 saturated heterocycles. The van der Waals surface area contributed by atoms with Crippen LogP contribution in [0.25, 0.3) is 0 Å². The van der Waals surface area contributed by atoms with Crippen LogP contribution in [0, 0.1) is 6.92 Å². The predicted molar refractivity (Wildman–Crippen MR) is 70.1 cm³/mol. The van der Waals surface area contributed by atoms with Crippen molar-refractivity contribution < 1.29 is 9.53 Å². The zero-order chi connectivity index (χ0) is 13.7. The number of pyridine rings is 1. The molecule has 1 amide bonds. The Hall–Kier alpha value is -1.62. The number of rotatable bonds is 5. The fourth-order valence-corrected chi connectivity index (χ4v) is 1.92. The van der Waals surface area contributed by atoms with Crippen LogP contribution in [0.3, 0.4) is 0 Å². The lowest BCUT2D eigenvalue weighted by Gasteiger charge is -2.15. The largest absolute Gasteiger partial charge is 0.383 e. The van der Waals surface area contributed by atoms with Crippen LogP contribution in [0.1, 0.15) is 28.5 Å². The minimum Gasteiger partial charge on any atom is -0.383 e. The second-order valence-corrected chi connectivity index (χ2v) is 4.05. The van der Waals surface area contributed by atoms with E-state index in [-0.39, 0.29) is 17.0 Å². The monoisotopic (exact) mass is 252 g/mol. The average molecular weight is 252 g/mol. The van der Waals surface area contributed by atoms with Gasteiger partial charge in [0.05, 0.1) is 6.61 Å². The molecule has 0 aliphatic rings. The Labute approximate surface area is 107 Å². The van der Waals surface area contributed by atoms with Crippen LogP contribution in [0.15, 0.2) is 10.9 Å². The van der Waals surface area contributed by atoms with Crippen molar-refractivity contribution in [1.82, 2.24) is 9.88 Å². The molecular formula is C13H20N2O3. The van der Waals surface area contributed by atoms with Crippen molar-refractivity contribution in [1.29, 1.82) is 0 Å². The Morgan fingerprint density at radius 3 is 2.67 bits per heavy atom. The van der Waals surface area contributed by atoms with Crippen molar-refractivity contribution in [2.75, 3.05) is 20.8 Å². The number of methoxy groups -OCH3 is 1. The summed E-state index contributed by atoms with van der Waals surface area (Å²) in [6.07, 6.45) is 0.781. The molecule has 5 heteroatoms. The molecule has 0 bridgehead atoms. The van der Waals surface area contributed by atoms with E-state index in [2.05, 4.69) is 5.32 Å². The molecule has 0 aliphatic carbocycles. The first-order valence-electron chi connectivity index (χ1n) is 6.01. The maximum Gasteiger partial charge on any atom is 0.263 e. The predicted octanol–water partition coefficient (Wildman–Crippen LogP) is 0.725. The molecule has 0 fully saturated rings. The molecule has 1 heterocycles. The minimum atomic E-state index is -0.346. The van der Waals surface area contributed by atoms with E-state index >= 15 is 0 Å². The number of aryl methyl sites for hydroxylation is 1. The summed E-state index contributed by atoms with van der Waals surface area (Å²) in [6.45, 7) is 4.80. The van der Waals surface area contributed by atoms with Gasteiger partial charge < -0.3 is 14.6 Å². The van der Waals surface area contributed by atoms with Gasteiger partial charge in [0.2, 0.25) is 0 Å². The Bertz CT molecular complexity index is 492. The molecule has 100 valence electrons. The second kappa shape index (κ2) is 6.35. The topological polar surface area (TPSA) is 60.3 Å². The molecule has 0 radical (unpaired) electrons. The summed E-state index contributed by atoms with van der Waals surface area (Å²) in [4.78, 5) is 23.9. The molecule has 0 aliphatic heterocycles. The molecule has 0 spiro atoms. The Kier molecular flexibility index (Phi) is 5.09. The molecule has 0 saturated carbocycles. The quantitative estimate of drug-likeness (QED) is 0.840. The van der Waals surface area contributed by atoms with E-state index in [0.29, 0.717) is 13.2 Å². The summed E-state index contributed by atoms with van der Waals surface area (Å²) in [5, 5.41) is 2.49. The standard InChI is InChI=1S/C13H20N2O3/c1-5-10-8-11(12(16)14-3)13(17)15(9(10)2)6-7-18-4/h8H,5-7H2,1-4H3,(H,14,16). The number of nitrogens with zero attached hydrogens (tertiary/aromatic N) is 1. The maximum atomic E-state index is 12.2. The van der Waals surface area contributed by atoms with Gasteiger partial charge in [-0.3, -0.25) is 9.59 Å². The minimum absolute atomic E-state index is 0.191. The first kappa shape index (κ1) is 14.4. The summed E-state index contributed by atoms with van der Waals surface area (Å²) in [5.74, 6) is -0.346. The van der Waals surface area contributed by atoms with Crippen LogP contribution in [-0.2, 0) is 17.7 Å². The summed E-state index contributed by atoms with van der Waals surface area (Å²) < 4.78 is 6.60. The fourth-order valence-electron chi connectivity index (χ4n) is 1.92. The van der Waals surface area contributed by atoms with Crippen LogP contribution >= 0.6 is 0 Å². The highest BCUT2D eigenvalue weighted by Gasteiger charge is 2.15. The zero-order valence-corrected chi connectivity index (χ0v) is 11.4. The first-order chi connectivity index (χ1) is 8.56. The van der Waals surface area contributed by atoms with Crippen molar-refractivity contribution in [2.45, 2.75) is 26.8 Å². The van der Waals surface area contributed by atoms with Crippen LogP contribution < -0.4 is 10.9 Å². The molecule has 0 atom stereocenters. The molecule has 18 heavy (non-hydrogen) atoms. The molecule has 1 aromatic rings. The van der Waals surface area contributed by atoms with Crippen LogP contribution in [-0.4, -0.2) is 31.2 Å². The van der Waals surface area contributed by atoms with E-state index in [1.807, 2.05) is 13.8 Å². The molecule has 0 aromatic carbocycles. The number of hydrogen-bond donors (Lipinski definition) is 1. The number of amides is 1. The van der Waals surface area contributed by atoms with Crippen LogP contribution in [0.2, 0.25) is 0 Å². The summed E-state index contributed by atoms with van der Waals surface area (Å²) in [7, 11) is 3.11. The van der Waals surface area contributed by atoms with E-state index in [0.717, 1.165) is 17.7 Å². The van der Waals surface area contributed by atoms with Crippen LogP contribution in [0.4, 0.5) is 0 Å². The van der Waals surface area contributed by atoms with Crippen LogP contribution in [0.5, 0.6) is 0 Å². The number of carbonyl (C=O) groups is 1. The van der Waals surface area contributed by atoms with Gasteiger partial charge in [-0.2, -0.15) is 0 Å². The highest BCUT2D eigenvalue weighted by Crippen LogP contribution is 2.09. The molecule has 5 nitrogen and oxygen atoms in total. The molecule has 0 unspecified atom stereocenters. The maximum absolute atomic E-state index is 12.2. The molecule has 1 aromatic heterocycles. The van der Waals surface area contributed by atoms with Gasteiger partial charge in [-0.15, -0.1) is 0 Å². The van der Waals surface area contributed by atoms with Gasteiger partial charge in [0.1, 0.15) is 5.56 Å². The van der Waals surface area contributed by atoms with Crippen molar-refractivity contribution in [3.05, 3.63) is 33.2 Å². The highest BCUT2D eigenvalue weighted by molar-refractivity contribution is 5.93. The van der Waals surface area contributed by atoms with Gasteiger partial charge >= 0.3 is 0 Å². The van der Waals surface area contributed by atoms with E-state index in [1.54, 1.807) is 17.7 Å². The van der Waals surface area contributed by atoms with E-state index < -0.39 is 0 Å². The van der Waals surface area contributed by atoms with Gasteiger partial charge in [0.25, 0.3) is 11.5 Å². The van der Waals surface area contributed by atoms with Crippen molar-refractivity contribution in [3.63, 3.8) is 0 Å². The summed E-state index contributed by atoms with van der Waals surface area (Å²) in [6, 6.07) is 1.68. The molecular weight excluding hydrogens is 232 g/mol. The molecule has 1 N–H and O–H groups in total. The van der Waals surface area contributed by atoms with Crippen molar-refractivity contribution in [3.8, 4) is 0 Å². The fraction of sp³-hybridized carbons (Fsp3) is 0.538. The molecule has 1 rings (SSSR count). The number of nitrogens with one attached hydrogen (secondary N) is 1. The zero-order valence-electron chi connectivity index (χ0n) is 11.4. The third-order valence-corrected chi connectivity index (χ3v) is 3.04. The summed E-state index contributed by atoms with van der Waals surface area (Å²) >= 11 is 0. The van der Waals surface area contributed by atoms with Gasteiger partial charge in [0.15, 0.2) is 0 Å². The van der Waals surface area contributed by atoms with Gasteiger partial charge in [-0.25, -0.2) is 0 Å². The number of hydrogen-bond acceptors (Lipinski definition) is 3. The summed E-state index contributed by atoms with van der Waals surface area (Å²) in [5.41, 5.74) is 1.83. The SMILES string of the molecule is CCc1cc(C(=O)NC)c(=O)n(CCOC)c1C. The van der Waals surface area contributed by atoms with Crippen molar-refractivity contribution in [2.24, 2.45) is 0 Å². The third-order valence-electron chi connectivity index (χ3n) is 3.04. The van der Waals surface area contributed by atoms with Gasteiger partial charge in [-0.1, -0.05) is 6.92 Å². The van der Waals surface area contributed by atoms with Gasteiger partial charge in [-0.05, 0) is 25.0 Å². The normalized spacial score (nSPS) is 10.4. The number of carbonyl (C=O) groups excluding carboxylic acids is 1. The average Bonchev–Trinajstić information content (AvgIpc) is 2.38. The number of aromatic nitrogens is 1. The lowest BCUT2D eigenvalue weighted by Crippen LogP contribution is -2.34. The number of ether oxygens (including phenoxy) is 1. The van der Waals surface area contributed by atoms with Gasteiger partial charge in [0, 0.05) is 26.4 Å². The second-order valence-electron chi connectivity index (χ2n) is 4.05. The van der Waals surface area contributed by atoms with E-state index in [4.69, 9.17) is 4.74 Å². The third kappa shape index (κ3) is 2.79. The first-order valence-corrected chi connectivity index (χ1v) is 6.01. The lowest BCUT2D eigenvalue weighted by atomic mass is 10.1. The Balaban J connectivity index is 3.38. The van der Waals surface area contributed by atoms with E-state index in [9.17, 15) is 9.59 Å². The Morgan fingerprint density at radius 1 is 1.50 bits per heavy atom. The highest BCUT2D eigenvalue weighted by atomic mass is 16.5.